The minimum absolute atomic E-state index is 0.233. The fourth-order valence-corrected chi connectivity index (χ4v) is 4.58. The maximum absolute atomic E-state index is 11.4. The highest BCUT2D eigenvalue weighted by atomic mass is 32.2. The number of nitrogens with one attached hydrogen (secondary N) is 1. The van der Waals surface area contributed by atoms with E-state index in [0.717, 1.165) is 30.0 Å². The second kappa shape index (κ2) is 5.61. The number of rotatable bonds is 4. The van der Waals surface area contributed by atoms with Crippen LogP contribution in [0.5, 0.6) is 11.5 Å². The first-order chi connectivity index (χ1) is 9.64. The molecule has 1 saturated heterocycles. The molecule has 2 aliphatic rings. The molecule has 3 rings (SSSR count). The Labute approximate surface area is 119 Å². The standard InChI is InChI=1S/C14H19NO4S/c16-20(17)7-4-11(10-20)8-15-9-12-2-1-3-13-14(12)19-6-5-18-13/h1-3,11,15H,4-10H2. The third-order valence-corrected chi connectivity index (χ3v) is 5.56. The summed E-state index contributed by atoms with van der Waals surface area (Å²) in [7, 11) is -2.79. The van der Waals surface area contributed by atoms with Crippen molar-refractivity contribution in [1.29, 1.82) is 0 Å². The van der Waals surface area contributed by atoms with Gasteiger partial charge in [-0.15, -0.1) is 0 Å². The van der Waals surface area contributed by atoms with E-state index in [9.17, 15) is 8.42 Å². The van der Waals surface area contributed by atoms with Gasteiger partial charge in [0.1, 0.15) is 13.2 Å². The van der Waals surface area contributed by atoms with Gasteiger partial charge in [0.25, 0.3) is 0 Å². The Morgan fingerprint density at radius 2 is 2.10 bits per heavy atom. The van der Waals surface area contributed by atoms with Gasteiger partial charge in [0.2, 0.25) is 0 Å². The van der Waals surface area contributed by atoms with Crippen molar-refractivity contribution in [2.45, 2.75) is 13.0 Å². The molecule has 1 fully saturated rings. The van der Waals surface area contributed by atoms with Crippen molar-refractivity contribution in [3.8, 4) is 11.5 Å². The lowest BCUT2D eigenvalue weighted by molar-refractivity contribution is 0.169. The van der Waals surface area contributed by atoms with E-state index >= 15 is 0 Å². The zero-order valence-corrected chi connectivity index (χ0v) is 12.1. The highest BCUT2D eigenvalue weighted by molar-refractivity contribution is 7.91. The lowest BCUT2D eigenvalue weighted by Crippen LogP contribution is -2.24. The summed E-state index contributed by atoms with van der Waals surface area (Å²) in [5, 5.41) is 3.33. The molecule has 1 atom stereocenters. The molecule has 1 unspecified atom stereocenters. The van der Waals surface area contributed by atoms with E-state index in [4.69, 9.17) is 9.47 Å². The Bertz CT molecular complexity index is 585. The van der Waals surface area contributed by atoms with Crippen molar-refractivity contribution < 1.29 is 17.9 Å². The normalized spacial score (nSPS) is 23.7. The van der Waals surface area contributed by atoms with E-state index in [-0.39, 0.29) is 5.92 Å². The molecule has 5 nitrogen and oxygen atoms in total. The number of hydrogen-bond acceptors (Lipinski definition) is 5. The van der Waals surface area contributed by atoms with Crippen LogP contribution in [0.25, 0.3) is 0 Å². The van der Waals surface area contributed by atoms with E-state index in [1.54, 1.807) is 0 Å². The summed E-state index contributed by atoms with van der Waals surface area (Å²) >= 11 is 0. The zero-order valence-electron chi connectivity index (χ0n) is 11.3. The van der Waals surface area contributed by atoms with Crippen molar-refractivity contribution in [3.63, 3.8) is 0 Å². The fourth-order valence-electron chi connectivity index (χ4n) is 2.72. The van der Waals surface area contributed by atoms with E-state index < -0.39 is 9.84 Å². The third-order valence-electron chi connectivity index (χ3n) is 3.72. The molecule has 1 aromatic carbocycles. The molecule has 0 amide bonds. The molecule has 6 heteroatoms. The van der Waals surface area contributed by atoms with Crippen LogP contribution in [0.4, 0.5) is 0 Å². The molecule has 1 N–H and O–H groups in total. The topological polar surface area (TPSA) is 64.6 Å². The third kappa shape index (κ3) is 3.07. The quantitative estimate of drug-likeness (QED) is 0.897. The first-order valence-electron chi connectivity index (χ1n) is 6.93. The first kappa shape index (κ1) is 13.7. The van der Waals surface area contributed by atoms with Gasteiger partial charge in [0, 0.05) is 12.1 Å². The Hall–Kier alpha value is -1.27. The van der Waals surface area contributed by atoms with Crippen LogP contribution in [0.1, 0.15) is 12.0 Å². The zero-order chi connectivity index (χ0) is 14.0. The van der Waals surface area contributed by atoms with Crippen molar-refractivity contribution in [2.75, 3.05) is 31.3 Å². The summed E-state index contributed by atoms with van der Waals surface area (Å²) in [6.45, 7) is 2.56. The largest absolute Gasteiger partial charge is 0.486 e. The fraction of sp³-hybridized carbons (Fsp3) is 0.571. The van der Waals surface area contributed by atoms with Crippen LogP contribution >= 0.6 is 0 Å². The summed E-state index contributed by atoms with van der Waals surface area (Å²) < 4.78 is 34.0. The smallest absolute Gasteiger partial charge is 0.165 e. The first-order valence-corrected chi connectivity index (χ1v) is 8.75. The molecule has 2 heterocycles. The van der Waals surface area contributed by atoms with Crippen molar-refractivity contribution in [1.82, 2.24) is 5.32 Å². The van der Waals surface area contributed by atoms with Gasteiger partial charge in [-0.2, -0.15) is 0 Å². The molecule has 0 spiro atoms. The molecule has 2 aliphatic heterocycles. The lowest BCUT2D eigenvalue weighted by Gasteiger charge is -2.21. The van der Waals surface area contributed by atoms with Gasteiger partial charge in [-0.05, 0) is 24.9 Å². The van der Waals surface area contributed by atoms with Crippen molar-refractivity contribution in [2.24, 2.45) is 5.92 Å². The van der Waals surface area contributed by atoms with Gasteiger partial charge in [0.15, 0.2) is 21.3 Å². The number of ether oxygens (including phenoxy) is 2. The minimum Gasteiger partial charge on any atom is -0.486 e. The van der Waals surface area contributed by atoms with Crippen LogP contribution in [-0.4, -0.2) is 39.7 Å². The van der Waals surface area contributed by atoms with E-state index in [0.29, 0.717) is 31.3 Å². The summed E-state index contributed by atoms with van der Waals surface area (Å²) in [6.07, 6.45) is 0.766. The maximum Gasteiger partial charge on any atom is 0.165 e. The summed E-state index contributed by atoms with van der Waals surface area (Å²) in [5.74, 6) is 2.48. The van der Waals surface area contributed by atoms with Gasteiger partial charge in [-0.3, -0.25) is 0 Å². The van der Waals surface area contributed by atoms with Crippen LogP contribution in [-0.2, 0) is 16.4 Å². The highest BCUT2D eigenvalue weighted by Gasteiger charge is 2.27. The number of benzene rings is 1. The van der Waals surface area contributed by atoms with Gasteiger partial charge in [-0.25, -0.2) is 8.42 Å². The van der Waals surface area contributed by atoms with E-state index in [1.807, 2.05) is 18.2 Å². The molecule has 0 saturated carbocycles. The number of para-hydroxylation sites is 1. The van der Waals surface area contributed by atoms with Crippen molar-refractivity contribution in [3.05, 3.63) is 23.8 Å². The van der Waals surface area contributed by atoms with Crippen LogP contribution in [0.2, 0.25) is 0 Å². The van der Waals surface area contributed by atoms with Gasteiger partial charge in [0.05, 0.1) is 11.5 Å². The lowest BCUT2D eigenvalue weighted by atomic mass is 10.1. The number of sulfone groups is 1. The predicted molar refractivity (Wildman–Crippen MR) is 75.9 cm³/mol. The molecular weight excluding hydrogens is 278 g/mol. The Morgan fingerprint density at radius 3 is 2.90 bits per heavy atom. The molecular formula is C14H19NO4S. The van der Waals surface area contributed by atoms with E-state index in [2.05, 4.69) is 5.32 Å². The Balaban J connectivity index is 1.57. The molecule has 0 aromatic heterocycles. The summed E-state index contributed by atoms with van der Waals surface area (Å²) in [4.78, 5) is 0. The SMILES string of the molecule is O=S1(=O)CCC(CNCc2cccc3c2OCCO3)C1. The van der Waals surface area contributed by atoms with Gasteiger partial charge >= 0.3 is 0 Å². The molecule has 0 bridgehead atoms. The second-order valence-electron chi connectivity index (χ2n) is 5.34. The van der Waals surface area contributed by atoms with Gasteiger partial charge in [-0.1, -0.05) is 12.1 Å². The van der Waals surface area contributed by atoms with Crippen molar-refractivity contribution >= 4 is 9.84 Å². The Kier molecular flexibility index (Phi) is 3.85. The average molecular weight is 297 g/mol. The molecule has 20 heavy (non-hydrogen) atoms. The monoisotopic (exact) mass is 297 g/mol. The van der Waals surface area contributed by atoms with Gasteiger partial charge < -0.3 is 14.8 Å². The van der Waals surface area contributed by atoms with Crippen LogP contribution in [0.15, 0.2) is 18.2 Å². The maximum atomic E-state index is 11.4. The van der Waals surface area contributed by atoms with Crippen LogP contribution in [0.3, 0.4) is 0 Å². The number of hydrogen-bond donors (Lipinski definition) is 1. The van der Waals surface area contributed by atoms with E-state index in [1.165, 1.54) is 0 Å². The highest BCUT2D eigenvalue weighted by Crippen LogP contribution is 2.33. The number of fused-ring (bicyclic) bond motifs is 1. The summed E-state index contributed by atoms with van der Waals surface area (Å²) in [5.41, 5.74) is 1.06. The molecule has 0 aliphatic carbocycles. The van der Waals surface area contributed by atoms with Crippen LogP contribution in [0, 0.1) is 5.92 Å². The molecule has 110 valence electrons. The predicted octanol–water partition coefficient (Wildman–Crippen LogP) is 0.982. The van der Waals surface area contributed by atoms with Crippen LogP contribution < -0.4 is 14.8 Å². The molecule has 1 aromatic rings. The second-order valence-corrected chi connectivity index (χ2v) is 7.57. The Morgan fingerprint density at radius 1 is 1.25 bits per heavy atom. The summed E-state index contributed by atoms with van der Waals surface area (Å²) in [6, 6.07) is 5.86. The minimum atomic E-state index is -2.79. The molecule has 0 radical (unpaired) electrons. The average Bonchev–Trinajstić information content (AvgIpc) is 2.79.